The number of hydrogen-bond acceptors (Lipinski definition) is 0. The van der Waals surface area contributed by atoms with E-state index in [-0.39, 0.29) is 0 Å². The van der Waals surface area contributed by atoms with Gasteiger partial charge in [0.1, 0.15) is 0 Å². The van der Waals surface area contributed by atoms with Crippen LogP contribution in [0.1, 0.15) is 122 Å². The predicted molar refractivity (Wildman–Crippen MR) is 138 cm³/mol. The summed E-state index contributed by atoms with van der Waals surface area (Å²) in [6.07, 6.45) is 37.4. The second-order valence-corrected chi connectivity index (χ2v) is 10.6. The highest BCUT2D eigenvalue weighted by atomic mass is 14.4. The third kappa shape index (κ3) is 9.80. The lowest BCUT2D eigenvalue weighted by Gasteiger charge is -2.41. The molecule has 0 aromatic heterocycles. The van der Waals surface area contributed by atoms with E-state index in [1.807, 2.05) is 0 Å². The van der Waals surface area contributed by atoms with Crippen molar-refractivity contribution in [2.45, 2.75) is 122 Å². The Morgan fingerprint density at radius 3 is 1.81 bits per heavy atom. The zero-order valence-corrected chi connectivity index (χ0v) is 20.3. The summed E-state index contributed by atoms with van der Waals surface area (Å²) in [4.78, 5) is 0. The van der Waals surface area contributed by atoms with Gasteiger partial charge in [-0.25, -0.2) is 0 Å². The molecule has 0 N–H and O–H groups in total. The average Bonchev–Trinajstić information content (AvgIpc) is 3.62. The molecule has 0 heterocycles. The summed E-state index contributed by atoms with van der Waals surface area (Å²) >= 11 is 0. The van der Waals surface area contributed by atoms with Crippen LogP contribution in [0.15, 0.2) is 60.3 Å². The van der Waals surface area contributed by atoms with Crippen LogP contribution in [-0.2, 0) is 0 Å². The first-order valence-electron chi connectivity index (χ1n) is 13.5. The Morgan fingerprint density at radius 1 is 0.645 bits per heavy atom. The quantitative estimate of drug-likeness (QED) is 0.144. The highest BCUT2D eigenvalue weighted by Crippen LogP contribution is 2.47. The van der Waals surface area contributed by atoms with Gasteiger partial charge in [-0.3, -0.25) is 0 Å². The van der Waals surface area contributed by atoms with Crippen LogP contribution in [0.2, 0.25) is 0 Å². The van der Waals surface area contributed by atoms with Gasteiger partial charge in [0.05, 0.1) is 0 Å². The maximum absolute atomic E-state index is 4.21. The van der Waals surface area contributed by atoms with E-state index in [1.54, 1.807) is 16.7 Å². The number of unbranched alkanes of at least 4 members (excludes halogenated alkanes) is 5. The molecule has 0 aromatic rings. The fraction of sp³-hybridized carbons (Fsp3) is 0.677. The van der Waals surface area contributed by atoms with Gasteiger partial charge in [-0.05, 0) is 114 Å². The molecule has 0 radical (unpaired) electrons. The summed E-state index contributed by atoms with van der Waals surface area (Å²) in [5.74, 6) is 0.762. The monoisotopic (exact) mass is 420 g/mol. The molecule has 3 rings (SSSR count). The normalized spacial score (nSPS) is 19.4. The minimum Gasteiger partial charge on any atom is -0.103 e. The first-order valence-corrected chi connectivity index (χ1v) is 13.5. The molecule has 0 spiro atoms. The predicted octanol–water partition coefficient (Wildman–Crippen LogP) is 10.2. The minimum atomic E-state index is 0.421. The van der Waals surface area contributed by atoms with Crippen molar-refractivity contribution in [3.63, 3.8) is 0 Å². The fourth-order valence-corrected chi connectivity index (χ4v) is 5.41. The number of hydrogen-bond donors (Lipinski definition) is 0. The van der Waals surface area contributed by atoms with Crippen molar-refractivity contribution in [2.75, 3.05) is 0 Å². The Hall–Kier alpha value is -1.30. The molecule has 2 atom stereocenters. The molecule has 3 aliphatic rings. The van der Waals surface area contributed by atoms with Crippen molar-refractivity contribution in [3.05, 3.63) is 60.3 Å². The highest BCUT2D eigenvalue weighted by Gasteiger charge is 2.35. The fourth-order valence-electron chi connectivity index (χ4n) is 5.41. The van der Waals surface area contributed by atoms with Gasteiger partial charge in [-0.1, -0.05) is 66.4 Å². The Kier molecular flexibility index (Phi) is 10.4. The maximum atomic E-state index is 4.21. The van der Waals surface area contributed by atoms with Crippen molar-refractivity contribution in [3.8, 4) is 0 Å². The zero-order valence-electron chi connectivity index (χ0n) is 20.3. The Balaban J connectivity index is 1.54. The lowest BCUT2D eigenvalue weighted by molar-refractivity contribution is 0.117. The number of rotatable bonds is 19. The molecular formula is C31H48. The molecule has 3 fully saturated rings. The maximum Gasteiger partial charge on any atom is -0.0229 e. The summed E-state index contributed by atoms with van der Waals surface area (Å²) < 4.78 is 0. The smallest absolute Gasteiger partial charge is 0.0229 e. The van der Waals surface area contributed by atoms with Gasteiger partial charge in [-0.2, -0.15) is 0 Å². The lowest BCUT2D eigenvalue weighted by Crippen LogP contribution is -2.30. The van der Waals surface area contributed by atoms with Crippen molar-refractivity contribution < 1.29 is 0 Å². The summed E-state index contributed by atoms with van der Waals surface area (Å²) in [6, 6.07) is 0. The molecule has 0 nitrogen and oxygen atoms in total. The third-order valence-electron chi connectivity index (χ3n) is 7.81. The van der Waals surface area contributed by atoms with Crippen molar-refractivity contribution in [1.29, 1.82) is 0 Å². The van der Waals surface area contributed by atoms with E-state index >= 15 is 0 Å². The van der Waals surface area contributed by atoms with E-state index in [0.717, 1.165) is 5.92 Å². The van der Waals surface area contributed by atoms with Gasteiger partial charge in [-0.15, -0.1) is 13.2 Å². The summed E-state index contributed by atoms with van der Waals surface area (Å²) in [6.45, 7) is 8.36. The molecule has 31 heavy (non-hydrogen) atoms. The van der Waals surface area contributed by atoms with Crippen LogP contribution >= 0.6 is 0 Å². The minimum absolute atomic E-state index is 0.421. The van der Waals surface area contributed by atoms with E-state index < -0.39 is 0 Å². The van der Waals surface area contributed by atoms with E-state index in [9.17, 15) is 0 Å². The van der Waals surface area contributed by atoms with Crippen LogP contribution in [0, 0.1) is 11.3 Å². The summed E-state index contributed by atoms with van der Waals surface area (Å²) in [5.41, 5.74) is 5.53. The van der Waals surface area contributed by atoms with E-state index in [1.165, 1.54) is 122 Å². The Morgan fingerprint density at radius 2 is 1.23 bits per heavy atom. The second kappa shape index (κ2) is 13.3. The van der Waals surface area contributed by atoms with Crippen LogP contribution in [-0.4, -0.2) is 0 Å². The van der Waals surface area contributed by atoms with Gasteiger partial charge in [0, 0.05) is 0 Å². The first kappa shape index (κ1) is 24.3. The molecule has 0 saturated heterocycles. The van der Waals surface area contributed by atoms with Crippen molar-refractivity contribution in [2.24, 2.45) is 11.3 Å². The Labute approximate surface area is 193 Å². The molecule has 0 aliphatic heterocycles. The molecule has 0 amide bonds. The van der Waals surface area contributed by atoms with Gasteiger partial charge in [0.2, 0.25) is 0 Å². The molecular weight excluding hydrogens is 372 g/mol. The van der Waals surface area contributed by atoms with Crippen LogP contribution in [0.3, 0.4) is 0 Å². The number of allylic oxidation sites excluding steroid dienone is 8. The second-order valence-electron chi connectivity index (χ2n) is 10.6. The molecule has 3 aliphatic carbocycles. The SMILES string of the molecule is C=CCC(CCCC=C1CC1)C(CC=C)(CCC=C1CC1)CCCCCCC=C1CC1. The van der Waals surface area contributed by atoms with Crippen molar-refractivity contribution in [1.82, 2.24) is 0 Å². The molecule has 172 valence electrons. The topological polar surface area (TPSA) is 0 Å². The van der Waals surface area contributed by atoms with Gasteiger partial charge < -0.3 is 0 Å². The van der Waals surface area contributed by atoms with Crippen LogP contribution in [0.5, 0.6) is 0 Å². The summed E-state index contributed by atoms with van der Waals surface area (Å²) in [5, 5.41) is 0. The van der Waals surface area contributed by atoms with Crippen LogP contribution < -0.4 is 0 Å². The van der Waals surface area contributed by atoms with E-state index in [2.05, 4.69) is 43.5 Å². The molecule has 2 unspecified atom stereocenters. The van der Waals surface area contributed by atoms with Gasteiger partial charge >= 0.3 is 0 Å². The van der Waals surface area contributed by atoms with E-state index in [4.69, 9.17) is 0 Å². The van der Waals surface area contributed by atoms with Gasteiger partial charge in [0.15, 0.2) is 0 Å². The first-order chi connectivity index (χ1) is 15.3. The molecule has 0 bridgehead atoms. The molecule has 3 saturated carbocycles. The standard InChI is InChI=1S/C31H48/c1-3-13-30(17-10-9-15-28-20-21-28)31(24-4-2,26-12-16-29-22-23-29)25-11-7-5-6-8-14-27-18-19-27/h3-4,14-16,30H,1-2,5-13,17-26H2. The molecule has 0 aromatic carbocycles. The van der Waals surface area contributed by atoms with Crippen molar-refractivity contribution >= 4 is 0 Å². The third-order valence-corrected chi connectivity index (χ3v) is 7.81. The van der Waals surface area contributed by atoms with Crippen LogP contribution in [0.4, 0.5) is 0 Å². The highest BCUT2D eigenvalue weighted by molar-refractivity contribution is 5.17. The largest absolute Gasteiger partial charge is 0.103 e. The Bertz CT molecular complexity index is 640. The van der Waals surface area contributed by atoms with E-state index in [0.29, 0.717) is 5.41 Å². The molecule has 0 heteroatoms. The average molecular weight is 421 g/mol. The lowest BCUT2D eigenvalue weighted by atomic mass is 9.64. The van der Waals surface area contributed by atoms with Gasteiger partial charge in [0.25, 0.3) is 0 Å². The van der Waals surface area contributed by atoms with Crippen LogP contribution in [0.25, 0.3) is 0 Å². The zero-order chi connectivity index (χ0) is 21.8. The summed E-state index contributed by atoms with van der Waals surface area (Å²) in [7, 11) is 0.